The van der Waals surface area contributed by atoms with Crippen LogP contribution in [0, 0.1) is 0 Å². The normalized spacial score (nSPS) is 10.6. The molecule has 2 aromatic rings. The van der Waals surface area contributed by atoms with E-state index in [4.69, 9.17) is 19.1 Å². The van der Waals surface area contributed by atoms with Crippen molar-refractivity contribution in [2.75, 3.05) is 20.8 Å². The van der Waals surface area contributed by atoms with Crippen molar-refractivity contribution in [3.05, 3.63) is 35.5 Å². The second-order valence-corrected chi connectivity index (χ2v) is 4.65. The van der Waals surface area contributed by atoms with Crippen LogP contribution in [-0.4, -0.2) is 36.1 Å². The highest BCUT2D eigenvalue weighted by atomic mass is 16.5. The molecular formula is C15H20N2O4. The minimum Gasteiger partial charge on any atom is -0.493 e. The number of aliphatic hydroxyl groups is 1. The Morgan fingerprint density at radius 2 is 1.95 bits per heavy atom. The molecule has 0 atom stereocenters. The van der Waals surface area contributed by atoms with Crippen LogP contribution in [0.25, 0.3) is 0 Å². The Hall–Kier alpha value is -2.08. The smallest absolute Gasteiger partial charge is 0.226 e. The summed E-state index contributed by atoms with van der Waals surface area (Å²) in [5, 5.41) is 12.7. The molecule has 0 aliphatic rings. The number of nitrogens with zero attached hydrogens (tertiary/aromatic N) is 2. The lowest BCUT2D eigenvalue weighted by Gasteiger charge is -2.08. The predicted molar refractivity (Wildman–Crippen MR) is 76.7 cm³/mol. The number of hydrogen-bond acceptors (Lipinski definition) is 6. The number of rotatable bonds is 8. The summed E-state index contributed by atoms with van der Waals surface area (Å²) in [5.41, 5.74) is 1.02. The first-order valence-corrected chi connectivity index (χ1v) is 6.90. The molecule has 21 heavy (non-hydrogen) atoms. The summed E-state index contributed by atoms with van der Waals surface area (Å²) in [6, 6.07) is 5.71. The second-order valence-electron chi connectivity index (χ2n) is 4.65. The average Bonchev–Trinajstić information content (AvgIpc) is 2.95. The SMILES string of the molecule is COc1ccc(Cc2noc(CCCCO)n2)cc1OC. The molecule has 0 unspecified atom stereocenters. The van der Waals surface area contributed by atoms with Crippen molar-refractivity contribution in [2.45, 2.75) is 25.7 Å². The first-order chi connectivity index (χ1) is 10.3. The van der Waals surface area contributed by atoms with Gasteiger partial charge < -0.3 is 19.1 Å². The van der Waals surface area contributed by atoms with E-state index in [0.717, 1.165) is 18.4 Å². The van der Waals surface area contributed by atoms with Crippen LogP contribution in [0.3, 0.4) is 0 Å². The van der Waals surface area contributed by atoms with Gasteiger partial charge in [-0.15, -0.1) is 0 Å². The third-order valence-electron chi connectivity index (χ3n) is 3.12. The summed E-state index contributed by atoms with van der Waals surface area (Å²) in [4.78, 5) is 4.34. The summed E-state index contributed by atoms with van der Waals surface area (Å²) in [6.07, 6.45) is 2.85. The molecule has 2 rings (SSSR count). The van der Waals surface area contributed by atoms with Gasteiger partial charge in [0.05, 0.1) is 14.2 Å². The molecule has 6 heteroatoms. The molecule has 0 radical (unpaired) electrons. The molecule has 0 amide bonds. The second kappa shape index (κ2) is 7.64. The molecule has 0 saturated carbocycles. The Morgan fingerprint density at radius 3 is 2.67 bits per heavy atom. The zero-order valence-corrected chi connectivity index (χ0v) is 12.3. The van der Waals surface area contributed by atoms with Crippen LogP contribution in [0.2, 0.25) is 0 Å². The van der Waals surface area contributed by atoms with Gasteiger partial charge in [0.15, 0.2) is 17.3 Å². The van der Waals surface area contributed by atoms with Crippen molar-refractivity contribution in [2.24, 2.45) is 0 Å². The molecule has 1 N–H and O–H groups in total. The van der Waals surface area contributed by atoms with E-state index in [1.165, 1.54) is 0 Å². The molecule has 114 valence electrons. The van der Waals surface area contributed by atoms with Crippen molar-refractivity contribution in [1.82, 2.24) is 10.1 Å². The highest BCUT2D eigenvalue weighted by Gasteiger charge is 2.09. The molecule has 6 nitrogen and oxygen atoms in total. The predicted octanol–water partition coefficient (Wildman–Crippen LogP) is 1.99. The van der Waals surface area contributed by atoms with Gasteiger partial charge in [-0.25, -0.2) is 0 Å². The molecule has 0 aliphatic carbocycles. The van der Waals surface area contributed by atoms with Crippen LogP contribution < -0.4 is 9.47 Å². The summed E-state index contributed by atoms with van der Waals surface area (Å²) in [6.45, 7) is 0.187. The standard InChI is InChI=1S/C15H20N2O4/c1-19-12-7-6-11(9-13(12)20-2)10-14-16-15(21-17-14)5-3-4-8-18/h6-7,9,18H,3-5,8,10H2,1-2H3. The lowest BCUT2D eigenvalue weighted by atomic mass is 10.1. The van der Waals surface area contributed by atoms with Crippen molar-refractivity contribution < 1.29 is 19.1 Å². The van der Waals surface area contributed by atoms with Crippen LogP contribution in [0.1, 0.15) is 30.1 Å². The Bertz CT molecular complexity index is 569. The zero-order chi connectivity index (χ0) is 15.1. The quantitative estimate of drug-likeness (QED) is 0.750. The lowest BCUT2D eigenvalue weighted by Crippen LogP contribution is -1.95. The Kier molecular flexibility index (Phi) is 5.57. The number of unbranched alkanes of at least 4 members (excludes halogenated alkanes) is 1. The third-order valence-corrected chi connectivity index (χ3v) is 3.12. The summed E-state index contributed by atoms with van der Waals surface area (Å²) in [7, 11) is 3.21. The molecule has 1 aromatic carbocycles. The maximum absolute atomic E-state index is 8.75. The fraction of sp³-hybridized carbons (Fsp3) is 0.467. The lowest BCUT2D eigenvalue weighted by molar-refractivity contribution is 0.280. The van der Waals surface area contributed by atoms with Crippen LogP contribution >= 0.6 is 0 Å². The Morgan fingerprint density at radius 1 is 1.14 bits per heavy atom. The minimum atomic E-state index is 0.187. The van der Waals surface area contributed by atoms with Crippen molar-refractivity contribution >= 4 is 0 Å². The number of methoxy groups -OCH3 is 2. The van der Waals surface area contributed by atoms with E-state index in [1.54, 1.807) is 14.2 Å². The highest BCUT2D eigenvalue weighted by molar-refractivity contribution is 5.43. The number of ether oxygens (including phenoxy) is 2. The summed E-state index contributed by atoms with van der Waals surface area (Å²) in [5.74, 6) is 2.63. The summed E-state index contributed by atoms with van der Waals surface area (Å²) < 4.78 is 15.7. The number of hydrogen-bond donors (Lipinski definition) is 1. The number of aliphatic hydroxyl groups excluding tert-OH is 1. The Balaban J connectivity index is 2.01. The van der Waals surface area contributed by atoms with Crippen molar-refractivity contribution in [3.8, 4) is 11.5 Å². The van der Waals surface area contributed by atoms with E-state index in [0.29, 0.717) is 36.1 Å². The molecule has 0 aliphatic heterocycles. The van der Waals surface area contributed by atoms with Crippen LogP contribution in [0.5, 0.6) is 11.5 Å². The van der Waals surface area contributed by atoms with E-state index >= 15 is 0 Å². The van der Waals surface area contributed by atoms with Gasteiger partial charge in [-0.1, -0.05) is 11.2 Å². The van der Waals surface area contributed by atoms with Crippen LogP contribution in [0.15, 0.2) is 22.7 Å². The topological polar surface area (TPSA) is 77.6 Å². The van der Waals surface area contributed by atoms with E-state index in [1.807, 2.05) is 18.2 Å². The maximum Gasteiger partial charge on any atom is 0.226 e. The van der Waals surface area contributed by atoms with Gasteiger partial charge in [-0.3, -0.25) is 0 Å². The van der Waals surface area contributed by atoms with Gasteiger partial charge in [-0.2, -0.15) is 4.98 Å². The van der Waals surface area contributed by atoms with Crippen molar-refractivity contribution in [1.29, 1.82) is 0 Å². The van der Waals surface area contributed by atoms with E-state index in [2.05, 4.69) is 10.1 Å². The van der Waals surface area contributed by atoms with Gasteiger partial charge in [0.2, 0.25) is 5.89 Å². The van der Waals surface area contributed by atoms with E-state index in [9.17, 15) is 0 Å². The van der Waals surface area contributed by atoms with E-state index < -0.39 is 0 Å². The first-order valence-electron chi connectivity index (χ1n) is 6.90. The fourth-order valence-electron chi connectivity index (χ4n) is 2.02. The number of aromatic nitrogens is 2. The highest BCUT2D eigenvalue weighted by Crippen LogP contribution is 2.28. The van der Waals surface area contributed by atoms with E-state index in [-0.39, 0.29) is 6.61 Å². The number of aryl methyl sites for hydroxylation is 1. The minimum absolute atomic E-state index is 0.187. The molecule has 0 spiro atoms. The number of benzene rings is 1. The third kappa shape index (κ3) is 4.19. The monoisotopic (exact) mass is 292 g/mol. The van der Waals surface area contributed by atoms with Gasteiger partial charge in [-0.05, 0) is 30.5 Å². The first kappa shape index (κ1) is 15.3. The summed E-state index contributed by atoms with van der Waals surface area (Å²) >= 11 is 0. The fourth-order valence-corrected chi connectivity index (χ4v) is 2.02. The zero-order valence-electron chi connectivity index (χ0n) is 12.3. The largest absolute Gasteiger partial charge is 0.493 e. The molecule has 1 aromatic heterocycles. The molecule has 0 saturated heterocycles. The van der Waals surface area contributed by atoms with Gasteiger partial charge >= 0.3 is 0 Å². The maximum atomic E-state index is 8.75. The average molecular weight is 292 g/mol. The van der Waals surface area contributed by atoms with Crippen LogP contribution in [0.4, 0.5) is 0 Å². The van der Waals surface area contributed by atoms with Gasteiger partial charge in [0.1, 0.15) is 0 Å². The molecular weight excluding hydrogens is 272 g/mol. The molecule has 0 fully saturated rings. The van der Waals surface area contributed by atoms with Crippen LogP contribution in [-0.2, 0) is 12.8 Å². The molecule has 0 bridgehead atoms. The van der Waals surface area contributed by atoms with Gasteiger partial charge in [0, 0.05) is 19.4 Å². The molecule has 1 heterocycles. The Labute approximate surface area is 123 Å². The van der Waals surface area contributed by atoms with Crippen molar-refractivity contribution in [3.63, 3.8) is 0 Å². The van der Waals surface area contributed by atoms with Gasteiger partial charge in [0.25, 0.3) is 0 Å².